The maximum Gasteiger partial charge on any atom is 0.358 e. The molecule has 0 fully saturated rings. The monoisotopic (exact) mass is 142 g/mol. The first-order valence-electron chi connectivity index (χ1n) is 2.21. The molecule has 4 heteroatoms. The van der Waals surface area contributed by atoms with Gasteiger partial charge < -0.3 is 4.84 Å². The van der Waals surface area contributed by atoms with Gasteiger partial charge in [-0.15, -0.1) is 11.3 Å². The predicted molar refractivity (Wildman–Crippen MR) is 32.8 cm³/mol. The Bertz CT molecular complexity index is 195. The highest BCUT2D eigenvalue weighted by atomic mass is 32.1. The molecule has 0 spiro atoms. The van der Waals surface area contributed by atoms with E-state index in [1.54, 1.807) is 11.4 Å². The predicted octanol–water partition coefficient (Wildman–Crippen LogP) is 0.579. The maximum atomic E-state index is 10.5. The van der Waals surface area contributed by atoms with Crippen LogP contribution < -0.4 is 5.90 Å². The lowest BCUT2D eigenvalue weighted by Gasteiger charge is -1.88. The van der Waals surface area contributed by atoms with Gasteiger partial charge in [-0.2, -0.15) is 5.90 Å². The van der Waals surface area contributed by atoms with Crippen molar-refractivity contribution in [2.24, 2.45) is 5.90 Å². The Balaban J connectivity index is 2.77. The third-order valence-corrected chi connectivity index (χ3v) is 1.41. The van der Waals surface area contributed by atoms with E-state index in [1.165, 1.54) is 11.3 Å². The molecule has 0 aliphatic rings. The fourth-order valence-corrected chi connectivity index (χ4v) is 0.957. The van der Waals surface area contributed by atoms with Crippen LogP contribution in [0.1, 0.15) is 10.4 Å². The number of hydrogen-bond acceptors (Lipinski definition) is 4. The highest BCUT2D eigenvalue weighted by Gasteiger charge is 2.04. The summed E-state index contributed by atoms with van der Waals surface area (Å²) < 4.78 is 0. The van der Waals surface area contributed by atoms with Gasteiger partial charge in [0.05, 0.1) is 10.9 Å². The van der Waals surface area contributed by atoms with E-state index >= 15 is 0 Å². The van der Waals surface area contributed by atoms with E-state index in [-0.39, 0.29) is 0 Å². The van der Waals surface area contributed by atoms with Gasteiger partial charge in [0.15, 0.2) is 0 Å². The number of carbonyl (C=O) groups excluding carboxylic acids is 1. The molecular weight excluding hydrogens is 138 g/mol. The third kappa shape index (κ3) is 1.28. The van der Waals surface area contributed by atoms with Crippen LogP contribution in [0.4, 0.5) is 0 Å². The second kappa shape index (κ2) is 2.61. The van der Waals surface area contributed by atoms with Gasteiger partial charge in [0.25, 0.3) is 0 Å². The van der Waals surface area contributed by atoms with E-state index in [2.05, 4.69) is 16.1 Å². The number of thiophene rings is 1. The second-order valence-corrected chi connectivity index (χ2v) is 2.05. The molecule has 1 heterocycles. The quantitative estimate of drug-likeness (QED) is 0.583. The fourth-order valence-electron chi connectivity index (χ4n) is 0.407. The molecule has 47 valence electrons. The molecule has 0 aromatic carbocycles. The van der Waals surface area contributed by atoms with Crippen molar-refractivity contribution < 1.29 is 9.63 Å². The van der Waals surface area contributed by atoms with Crippen LogP contribution in [-0.2, 0) is 4.84 Å². The summed E-state index contributed by atoms with van der Waals surface area (Å²) >= 11 is 1.30. The summed E-state index contributed by atoms with van der Waals surface area (Å²) in [5.41, 5.74) is 0.377. The van der Waals surface area contributed by atoms with E-state index in [1.807, 2.05) is 0 Å². The van der Waals surface area contributed by atoms with Gasteiger partial charge in [0, 0.05) is 0 Å². The van der Waals surface area contributed by atoms with E-state index in [9.17, 15) is 4.79 Å². The van der Waals surface area contributed by atoms with Crippen molar-refractivity contribution in [3.63, 3.8) is 0 Å². The summed E-state index contributed by atoms with van der Waals surface area (Å²) in [6.45, 7) is 0. The number of rotatable bonds is 1. The smallest absolute Gasteiger partial charge is 0.358 e. The van der Waals surface area contributed by atoms with Gasteiger partial charge in [0.1, 0.15) is 0 Å². The molecule has 0 amide bonds. The average Bonchev–Trinajstić information content (AvgIpc) is 2.37. The largest absolute Gasteiger partial charge is 0.370 e. The molecule has 2 N–H and O–H groups in total. The highest BCUT2D eigenvalue weighted by molar-refractivity contribution is 7.07. The van der Waals surface area contributed by atoms with E-state index in [0.717, 1.165) is 0 Å². The van der Waals surface area contributed by atoms with Crippen LogP contribution in [0.3, 0.4) is 0 Å². The van der Waals surface area contributed by atoms with Crippen LogP contribution in [0.15, 0.2) is 11.4 Å². The molecule has 0 saturated heterocycles. The molecule has 0 saturated carbocycles. The highest BCUT2D eigenvalue weighted by Crippen LogP contribution is 2.04. The van der Waals surface area contributed by atoms with Crippen LogP contribution in [0.2, 0.25) is 0 Å². The third-order valence-electron chi connectivity index (χ3n) is 0.799. The average molecular weight is 142 g/mol. The lowest BCUT2D eigenvalue weighted by atomic mass is 10.4. The van der Waals surface area contributed by atoms with Crippen molar-refractivity contribution >= 4 is 17.3 Å². The van der Waals surface area contributed by atoms with E-state index in [0.29, 0.717) is 5.56 Å². The van der Waals surface area contributed by atoms with Crippen molar-refractivity contribution in [1.82, 2.24) is 0 Å². The van der Waals surface area contributed by atoms with Crippen molar-refractivity contribution in [3.05, 3.63) is 22.4 Å². The number of hydrogen-bond donors (Lipinski definition) is 1. The Kier molecular flexibility index (Phi) is 1.81. The van der Waals surface area contributed by atoms with Crippen molar-refractivity contribution in [3.8, 4) is 0 Å². The second-order valence-electron chi connectivity index (χ2n) is 1.34. The minimum atomic E-state index is -0.545. The summed E-state index contributed by atoms with van der Waals surface area (Å²) in [4.78, 5) is 14.4. The van der Waals surface area contributed by atoms with Gasteiger partial charge in [0.2, 0.25) is 0 Å². The topological polar surface area (TPSA) is 52.3 Å². The zero-order valence-electron chi connectivity index (χ0n) is 4.46. The Morgan fingerprint density at radius 2 is 2.67 bits per heavy atom. The zero-order chi connectivity index (χ0) is 6.69. The van der Waals surface area contributed by atoms with Gasteiger partial charge >= 0.3 is 5.97 Å². The molecule has 0 unspecified atom stereocenters. The van der Waals surface area contributed by atoms with Gasteiger partial charge in [-0.05, 0) is 11.4 Å². The molecule has 1 aromatic rings. The Labute approximate surface area is 56.0 Å². The van der Waals surface area contributed by atoms with Crippen LogP contribution in [-0.4, -0.2) is 5.97 Å². The van der Waals surface area contributed by atoms with Crippen molar-refractivity contribution in [2.75, 3.05) is 0 Å². The zero-order valence-corrected chi connectivity index (χ0v) is 5.27. The first-order chi connectivity index (χ1) is 4.34. The maximum absolute atomic E-state index is 10.5. The number of nitrogens with two attached hydrogens (primary N) is 1. The molecule has 1 aromatic heterocycles. The van der Waals surface area contributed by atoms with Crippen LogP contribution >= 0.6 is 11.3 Å². The number of carbonyl (C=O) groups is 1. The Morgan fingerprint density at radius 1 is 1.89 bits per heavy atom. The molecule has 1 radical (unpaired) electrons. The van der Waals surface area contributed by atoms with Crippen LogP contribution in [0.25, 0.3) is 0 Å². The first kappa shape index (κ1) is 6.25. The van der Waals surface area contributed by atoms with Gasteiger partial charge in [-0.3, -0.25) is 0 Å². The standard InChI is InChI=1S/C5H4NO2S/c6-8-5(7)4-1-2-9-3-4/h1-2H,6H2. The summed E-state index contributed by atoms with van der Waals surface area (Å²) in [6.07, 6.45) is 0. The lowest BCUT2D eigenvalue weighted by Crippen LogP contribution is -2.08. The fraction of sp³-hybridized carbons (Fsp3) is 0. The Morgan fingerprint density at radius 3 is 3.11 bits per heavy atom. The molecule has 0 atom stereocenters. The van der Waals surface area contributed by atoms with E-state index in [4.69, 9.17) is 0 Å². The molecule has 3 nitrogen and oxygen atoms in total. The minimum absolute atomic E-state index is 0.377. The minimum Gasteiger partial charge on any atom is -0.370 e. The van der Waals surface area contributed by atoms with Crippen LogP contribution in [0.5, 0.6) is 0 Å². The van der Waals surface area contributed by atoms with Gasteiger partial charge in [-0.25, -0.2) is 4.79 Å². The molecule has 0 bridgehead atoms. The normalized spacial score (nSPS) is 9.00. The summed E-state index contributed by atoms with van der Waals surface area (Å²) in [7, 11) is 0. The Hall–Kier alpha value is -0.870. The summed E-state index contributed by atoms with van der Waals surface area (Å²) in [5, 5.41) is 4.40. The van der Waals surface area contributed by atoms with Crippen molar-refractivity contribution in [2.45, 2.75) is 0 Å². The van der Waals surface area contributed by atoms with E-state index < -0.39 is 5.97 Å². The molecular formula is C5H4NO2S. The van der Waals surface area contributed by atoms with Crippen LogP contribution in [0, 0.1) is 5.38 Å². The molecule has 1 rings (SSSR count). The summed E-state index contributed by atoms with van der Waals surface area (Å²) in [6, 6.07) is 1.60. The first-order valence-corrected chi connectivity index (χ1v) is 3.09. The van der Waals surface area contributed by atoms with Crippen molar-refractivity contribution in [1.29, 1.82) is 0 Å². The molecule has 0 aliphatic carbocycles. The molecule has 0 aliphatic heterocycles. The molecule has 9 heavy (non-hydrogen) atoms. The summed E-state index contributed by atoms with van der Waals surface area (Å²) in [5.74, 6) is 4.05. The van der Waals surface area contributed by atoms with Gasteiger partial charge in [-0.1, -0.05) is 0 Å². The lowest BCUT2D eigenvalue weighted by molar-refractivity contribution is 0.0504. The SMILES string of the molecule is NOC(=O)c1[c]scc1.